The molecule has 3 atom stereocenters. The first kappa shape index (κ1) is 16.8. The van der Waals surface area contributed by atoms with Gasteiger partial charge in [0.15, 0.2) is 9.84 Å². The van der Waals surface area contributed by atoms with E-state index < -0.39 is 9.84 Å². The molecular formula is C15H24N4O3S. The van der Waals surface area contributed by atoms with Gasteiger partial charge in [-0.05, 0) is 17.7 Å². The molecule has 0 aliphatic carbocycles. The SMILES string of the molecule is CS(=O)(=O)c1ccc(C2CNCC(NCC3NCCO3)N2)cc1. The molecule has 0 aromatic heterocycles. The predicted molar refractivity (Wildman–Crippen MR) is 87.8 cm³/mol. The molecule has 128 valence electrons. The van der Waals surface area contributed by atoms with Gasteiger partial charge in [-0.1, -0.05) is 12.1 Å². The van der Waals surface area contributed by atoms with Crippen molar-refractivity contribution in [1.82, 2.24) is 21.3 Å². The zero-order chi connectivity index (χ0) is 16.3. The first-order chi connectivity index (χ1) is 11.0. The van der Waals surface area contributed by atoms with E-state index in [4.69, 9.17) is 4.74 Å². The van der Waals surface area contributed by atoms with E-state index in [1.807, 2.05) is 12.1 Å². The van der Waals surface area contributed by atoms with Crippen molar-refractivity contribution in [3.8, 4) is 0 Å². The maximum Gasteiger partial charge on any atom is 0.175 e. The van der Waals surface area contributed by atoms with Crippen LogP contribution in [0.15, 0.2) is 29.2 Å². The Morgan fingerprint density at radius 2 is 2.04 bits per heavy atom. The van der Waals surface area contributed by atoms with Crippen LogP contribution < -0.4 is 21.3 Å². The molecule has 0 bridgehead atoms. The largest absolute Gasteiger partial charge is 0.361 e. The molecule has 3 rings (SSSR count). The minimum absolute atomic E-state index is 0.0752. The van der Waals surface area contributed by atoms with E-state index >= 15 is 0 Å². The number of nitrogens with one attached hydrogen (secondary N) is 4. The fraction of sp³-hybridized carbons (Fsp3) is 0.600. The smallest absolute Gasteiger partial charge is 0.175 e. The highest BCUT2D eigenvalue weighted by atomic mass is 32.2. The van der Waals surface area contributed by atoms with Crippen molar-refractivity contribution in [2.75, 3.05) is 39.0 Å². The lowest BCUT2D eigenvalue weighted by Crippen LogP contribution is -2.58. The average Bonchev–Trinajstić information content (AvgIpc) is 3.06. The minimum Gasteiger partial charge on any atom is -0.361 e. The minimum atomic E-state index is -3.15. The van der Waals surface area contributed by atoms with E-state index in [1.54, 1.807) is 12.1 Å². The highest BCUT2D eigenvalue weighted by Gasteiger charge is 2.23. The van der Waals surface area contributed by atoms with Crippen LogP contribution in [0.4, 0.5) is 0 Å². The average molecular weight is 340 g/mol. The first-order valence-electron chi connectivity index (χ1n) is 7.87. The summed E-state index contributed by atoms with van der Waals surface area (Å²) < 4.78 is 28.6. The Morgan fingerprint density at radius 1 is 1.26 bits per heavy atom. The number of benzene rings is 1. The summed E-state index contributed by atoms with van der Waals surface area (Å²) in [5.41, 5.74) is 1.08. The molecule has 7 nitrogen and oxygen atoms in total. The maximum atomic E-state index is 11.5. The molecule has 0 saturated carbocycles. The van der Waals surface area contributed by atoms with E-state index in [2.05, 4.69) is 21.3 Å². The molecule has 1 aromatic rings. The van der Waals surface area contributed by atoms with Gasteiger partial charge in [-0.2, -0.15) is 0 Å². The summed E-state index contributed by atoms with van der Waals surface area (Å²) in [6, 6.07) is 7.23. The van der Waals surface area contributed by atoms with Gasteiger partial charge in [0.05, 0.1) is 17.7 Å². The Kier molecular flexibility index (Phi) is 5.30. The number of hydrogen-bond acceptors (Lipinski definition) is 7. The predicted octanol–water partition coefficient (Wildman–Crippen LogP) is -0.814. The number of ether oxygens (including phenoxy) is 1. The summed E-state index contributed by atoms with van der Waals surface area (Å²) >= 11 is 0. The summed E-state index contributed by atoms with van der Waals surface area (Å²) in [5, 5.41) is 13.7. The van der Waals surface area contributed by atoms with Crippen molar-refractivity contribution < 1.29 is 13.2 Å². The lowest BCUT2D eigenvalue weighted by atomic mass is 10.0. The van der Waals surface area contributed by atoms with Gasteiger partial charge in [0.1, 0.15) is 6.23 Å². The third kappa shape index (κ3) is 4.50. The van der Waals surface area contributed by atoms with Crippen LogP contribution in [0.1, 0.15) is 11.6 Å². The highest BCUT2D eigenvalue weighted by molar-refractivity contribution is 7.90. The van der Waals surface area contributed by atoms with Gasteiger partial charge >= 0.3 is 0 Å². The van der Waals surface area contributed by atoms with E-state index in [0.717, 1.165) is 38.3 Å². The van der Waals surface area contributed by atoms with Gasteiger partial charge in [0, 0.05) is 38.5 Å². The summed E-state index contributed by atoms with van der Waals surface area (Å²) in [5.74, 6) is 0. The van der Waals surface area contributed by atoms with Gasteiger partial charge in [-0.25, -0.2) is 8.42 Å². The van der Waals surface area contributed by atoms with E-state index in [1.165, 1.54) is 6.26 Å². The van der Waals surface area contributed by atoms with Crippen molar-refractivity contribution >= 4 is 9.84 Å². The summed E-state index contributed by atoms with van der Waals surface area (Å²) in [6.45, 7) is 4.06. The molecule has 2 aliphatic heterocycles. The molecule has 2 saturated heterocycles. The molecule has 1 aromatic carbocycles. The van der Waals surface area contributed by atoms with Crippen LogP contribution in [0.5, 0.6) is 0 Å². The Bertz CT molecular complexity index is 614. The zero-order valence-corrected chi connectivity index (χ0v) is 14.0. The van der Waals surface area contributed by atoms with Crippen LogP contribution in [-0.2, 0) is 14.6 Å². The number of piperazine rings is 1. The highest BCUT2D eigenvalue weighted by Crippen LogP contribution is 2.18. The van der Waals surface area contributed by atoms with Gasteiger partial charge < -0.3 is 10.1 Å². The third-order valence-corrected chi connectivity index (χ3v) is 5.28. The van der Waals surface area contributed by atoms with Crippen LogP contribution in [0, 0.1) is 0 Å². The fourth-order valence-corrected chi connectivity index (χ4v) is 3.52. The van der Waals surface area contributed by atoms with Crippen molar-refractivity contribution in [2.45, 2.75) is 23.3 Å². The topological polar surface area (TPSA) is 91.5 Å². The van der Waals surface area contributed by atoms with Crippen LogP contribution in [0.25, 0.3) is 0 Å². The van der Waals surface area contributed by atoms with Crippen LogP contribution >= 0.6 is 0 Å². The van der Waals surface area contributed by atoms with Crippen molar-refractivity contribution in [1.29, 1.82) is 0 Å². The Morgan fingerprint density at radius 3 is 2.70 bits per heavy atom. The first-order valence-corrected chi connectivity index (χ1v) is 9.77. The molecule has 2 heterocycles. The Labute approximate surface area is 137 Å². The van der Waals surface area contributed by atoms with Gasteiger partial charge in [-0.3, -0.25) is 16.0 Å². The molecule has 2 aliphatic rings. The lowest BCUT2D eigenvalue weighted by Gasteiger charge is -2.33. The molecule has 8 heteroatoms. The number of rotatable bonds is 5. The van der Waals surface area contributed by atoms with E-state index in [0.29, 0.717) is 4.90 Å². The van der Waals surface area contributed by atoms with Gasteiger partial charge in [-0.15, -0.1) is 0 Å². The Balaban J connectivity index is 1.57. The number of sulfone groups is 1. The molecule has 0 radical (unpaired) electrons. The molecule has 0 amide bonds. The standard InChI is InChI=1S/C15H24N4O3S/c1-23(20,21)12-4-2-11(3-5-12)13-8-16-9-14(19-13)18-10-15-17-6-7-22-15/h2-5,13-19H,6-10H2,1H3. The molecular weight excluding hydrogens is 316 g/mol. The molecule has 4 N–H and O–H groups in total. The van der Waals surface area contributed by atoms with Crippen LogP contribution in [0.3, 0.4) is 0 Å². The van der Waals surface area contributed by atoms with Crippen molar-refractivity contribution in [3.63, 3.8) is 0 Å². The van der Waals surface area contributed by atoms with Crippen LogP contribution in [0.2, 0.25) is 0 Å². The van der Waals surface area contributed by atoms with Crippen LogP contribution in [-0.4, -0.2) is 59.9 Å². The van der Waals surface area contributed by atoms with Crippen molar-refractivity contribution in [2.24, 2.45) is 0 Å². The normalized spacial score (nSPS) is 28.8. The maximum absolute atomic E-state index is 11.5. The summed E-state index contributed by atoms with van der Waals surface area (Å²) in [6.07, 6.45) is 1.45. The summed E-state index contributed by atoms with van der Waals surface area (Å²) in [4.78, 5) is 0.351. The lowest BCUT2D eigenvalue weighted by molar-refractivity contribution is 0.0945. The second-order valence-electron chi connectivity index (χ2n) is 5.99. The second kappa shape index (κ2) is 7.25. The molecule has 23 heavy (non-hydrogen) atoms. The molecule has 0 spiro atoms. The zero-order valence-electron chi connectivity index (χ0n) is 13.2. The van der Waals surface area contributed by atoms with Gasteiger partial charge in [0.25, 0.3) is 0 Å². The summed E-state index contributed by atoms with van der Waals surface area (Å²) in [7, 11) is -3.15. The quantitative estimate of drug-likeness (QED) is 0.557. The van der Waals surface area contributed by atoms with Crippen molar-refractivity contribution in [3.05, 3.63) is 29.8 Å². The monoisotopic (exact) mass is 340 g/mol. The Hall–Kier alpha value is -1.03. The van der Waals surface area contributed by atoms with E-state index in [9.17, 15) is 8.42 Å². The van der Waals surface area contributed by atoms with E-state index in [-0.39, 0.29) is 18.4 Å². The van der Waals surface area contributed by atoms with Gasteiger partial charge in [0.2, 0.25) is 0 Å². The third-order valence-electron chi connectivity index (χ3n) is 4.15. The molecule has 3 unspecified atom stereocenters. The number of hydrogen-bond donors (Lipinski definition) is 4. The fourth-order valence-electron chi connectivity index (χ4n) is 2.89. The molecule has 2 fully saturated rings. The second-order valence-corrected chi connectivity index (χ2v) is 8.01.